The zero-order valence-electron chi connectivity index (χ0n) is 10.8. The Morgan fingerprint density at radius 3 is 2.53 bits per heavy atom. The predicted octanol–water partition coefficient (Wildman–Crippen LogP) is 3.06. The van der Waals surface area contributed by atoms with Gasteiger partial charge in [0.05, 0.1) is 16.4 Å². The van der Waals surface area contributed by atoms with Gasteiger partial charge in [0.25, 0.3) is 0 Å². The van der Waals surface area contributed by atoms with Gasteiger partial charge in [-0.2, -0.15) is 0 Å². The number of para-hydroxylation sites is 1. The molecule has 0 heterocycles. The van der Waals surface area contributed by atoms with Gasteiger partial charge in [-0.3, -0.25) is 0 Å². The quantitative estimate of drug-likeness (QED) is 0.768. The Balaban J connectivity index is 2.64. The van der Waals surface area contributed by atoms with Crippen LogP contribution in [0, 0.1) is 0 Å². The summed E-state index contributed by atoms with van der Waals surface area (Å²) in [5.41, 5.74) is 7.44. The fourth-order valence-electron chi connectivity index (χ4n) is 1.85. The second kappa shape index (κ2) is 6.72. The fourth-order valence-corrected chi connectivity index (χ4v) is 2.09. The second-order valence-electron chi connectivity index (χ2n) is 4.24. The molecule has 0 aliphatic rings. The normalized spacial score (nSPS) is 12.8. The van der Waals surface area contributed by atoms with Gasteiger partial charge in [0.2, 0.25) is 0 Å². The average molecular weight is 256 g/mol. The molecule has 3 N–H and O–H groups in total. The number of nitrogens with one attached hydrogen (secondary N) is 1. The van der Waals surface area contributed by atoms with Crippen molar-refractivity contribution in [2.75, 3.05) is 30.7 Å². The number of nitrogens with two attached hydrogens (primary N) is 1. The van der Waals surface area contributed by atoms with E-state index in [-0.39, 0.29) is 0 Å². The number of hydrogen-bond donors (Lipinski definition) is 2. The van der Waals surface area contributed by atoms with E-state index in [9.17, 15) is 0 Å². The van der Waals surface area contributed by atoms with Gasteiger partial charge in [0.15, 0.2) is 0 Å². The first kappa shape index (κ1) is 14.1. The Morgan fingerprint density at radius 1 is 1.35 bits per heavy atom. The first-order valence-corrected chi connectivity index (χ1v) is 6.49. The average Bonchev–Trinajstić information content (AvgIpc) is 2.31. The van der Waals surface area contributed by atoms with Crippen LogP contribution < -0.4 is 11.1 Å². The predicted molar refractivity (Wildman–Crippen MR) is 76.7 cm³/mol. The van der Waals surface area contributed by atoms with Gasteiger partial charge in [0.1, 0.15) is 0 Å². The molecule has 0 fully saturated rings. The summed E-state index contributed by atoms with van der Waals surface area (Å²) in [5, 5.41) is 4.06. The lowest BCUT2D eigenvalue weighted by Crippen LogP contribution is -2.34. The summed E-state index contributed by atoms with van der Waals surface area (Å²) in [7, 11) is 0. The Morgan fingerprint density at radius 2 is 2.00 bits per heavy atom. The van der Waals surface area contributed by atoms with Gasteiger partial charge in [-0.05, 0) is 32.1 Å². The largest absolute Gasteiger partial charge is 0.397 e. The molecule has 0 aliphatic carbocycles. The Bertz CT molecular complexity index is 330. The van der Waals surface area contributed by atoms with Crippen molar-refractivity contribution in [2.24, 2.45) is 0 Å². The van der Waals surface area contributed by atoms with Crippen LogP contribution in [0.25, 0.3) is 0 Å². The summed E-state index contributed by atoms with van der Waals surface area (Å²) in [4.78, 5) is 2.37. The molecule has 0 aliphatic heterocycles. The highest BCUT2D eigenvalue weighted by Crippen LogP contribution is 2.28. The lowest BCUT2D eigenvalue weighted by Gasteiger charge is -2.25. The van der Waals surface area contributed by atoms with E-state index in [1.54, 1.807) is 0 Å². The molecule has 1 rings (SSSR count). The number of nitrogen functional groups attached to an aromatic ring is 1. The van der Waals surface area contributed by atoms with Gasteiger partial charge in [-0.1, -0.05) is 31.5 Å². The van der Waals surface area contributed by atoms with Crippen molar-refractivity contribution in [1.82, 2.24) is 4.90 Å². The summed E-state index contributed by atoms with van der Waals surface area (Å²) in [6.07, 6.45) is 0. The zero-order chi connectivity index (χ0) is 12.8. The molecule has 0 radical (unpaired) electrons. The number of nitrogens with zero attached hydrogens (tertiary/aromatic N) is 1. The van der Waals surface area contributed by atoms with Crippen molar-refractivity contribution in [3.63, 3.8) is 0 Å². The van der Waals surface area contributed by atoms with E-state index in [2.05, 4.69) is 31.0 Å². The van der Waals surface area contributed by atoms with Crippen LogP contribution in [0.1, 0.15) is 20.8 Å². The second-order valence-corrected chi connectivity index (χ2v) is 4.64. The highest BCUT2D eigenvalue weighted by Gasteiger charge is 2.10. The van der Waals surface area contributed by atoms with Crippen molar-refractivity contribution >= 4 is 23.0 Å². The molecule has 3 nitrogen and oxygen atoms in total. The van der Waals surface area contributed by atoms with Gasteiger partial charge in [-0.15, -0.1) is 0 Å². The molecule has 17 heavy (non-hydrogen) atoms. The number of benzene rings is 1. The molecule has 1 atom stereocenters. The van der Waals surface area contributed by atoms with E-state index in [0.717, 1.165) is 25.3 Å². The van der Waals surface area contributed by atoms with E-state index in [4.69, 9.17) is 17.3 Å². The zero-order valence-corrected chi connectivity index (χ0v) is 11.6. The Kier molecular flexibility index (Phi) is 5.59. The van der Waals surface area contributed by atoms with Crippen molar-refractivity contribution in [2.45, 2.75) is 26.8 Å². The molecule has 4 heteroatoms. The van der Waals surface area contributed by atoms with E-state index in [0.29, 0.717) is 16.8 Å². The van der Waals surface area contributed by atoms with Crippen molar-refractivity contribution in [1.29, 1.82) is 0 Å². The fraction of sp³-hybridized carbons (Fsp3) is 0.538. The van der Waals surface area contributed by atoms with Gasteiger partial charge < -0.3 is 16.0 Å². The standard InChI is InChI=1S/C13H22ClN3/c1-4-17(5-2)9-10(3)16-13-11(14)7-6-8-12(13)15/h6-8,10,16H,4-5,9,15H2,1-3H3. The SMILES string of the molecule is CCN(CC)CC(C)Nc1c(N)cccc1Cl. The van der Waals surface area contributed by atoms with E-state index < -0.39 is 0 Å². The van der Waals surface area contributed by atoms with Crippen LogP contribution in [0.3, 0.4) is 0 Å². The van der Waals surface area contributed by atoms with Crippen molar-refractivity contribution in [3.05, 3.63) is 23.2 Å². The van der Waals surface area contributed by atoms with Crippen LogP contribution in [-0.2, 0) is 0 Å². The number of anilines is 2. The highest BCUT2D eigenvalue weighted by atomic mass is 35.5. The van der Waals surface area contributed by atoms with Crippen LogP contribution >= 0.6 is 11.6 Å². The van der Waals surface area contributed by atoms with E-state index in [1.807, 2.05) is 18.2 Å². The maximum absolute atomic E-state index is 6.12. The van der Waals surface area contributed by atoms with Gasteiger partial charge >= 0.3 is 0 Å². The minimum atomic E-state index is 0.317. The van der Waals surface area contributed by atoms with E-state index >= 15 is 0 Å². The molecule has 1 unspecified atom stereocenters. The third-order valence-corrected chi connectivity index (χ3v) is 3.18. The maximum atomic E-state index is 6.12. The molecule has 0 bridgehead atoms. The molecule has 1 aromatic rings. The van der Waals surface area contributed by atoms with Crippen LogP contribution in [0.5, 0.6) is 0 Å². The molecular formula is C13H22ClN3. The number of hydrogen-bond acceptors (Lipinski definition) is 3. The third kappa shape index (κ3) is 4.10. The van der Waals surface area contributed by atoms with Crippen molar-refractivity contribution in [3.8, 4) is 0 Å². The summed E-state index contributed by atoms with van der Waals surface area (Å²) >= 11 is 6.12. The van der Waals surface area contributed by atoms with Crippen molar-refractivity contribution < 1.29 is 0 Å². The van der Waals surface area contributed by atoms with Crippen LogP contribution in [-0.4, -0.2) is 30.6 Å². The van der Waals surface area contributed by atoms with Crippen LogP contribution in [0.15, 0.2) is 18.2 Å². The Labute approximate surface area is 109 Å². The Hall–Kier alpha value is -0.930. The number of halogens is 1. The lowest BCUT2D eigenvalue weighted by molar-refractivity contribution is 0.295. The minimum absolute atomic E-state index is 0.317. The molecular weight excluding hydrogens is 234 g/mol. The highest BCUT2D eigenvalue weighted by molar-refractivity contribution is 6.33. The summed E-state index contributed by atoms with van der Waals surface area (Å²) < 4.78 is 0. The summed E-state index contributed by atoms with van der Waals surface area (Å²) in [6, 6.07) is 5.89. The molecule has 0 aromatic heterocycles. The minimum Gasteiger partial charge on any atom is -0.397 e. The summed E-state index contributed by atoms with van der Waals surface area (Å²) in [5.74, 6) is 0. The third-order valence-electron chi connectivity index (χ3n) is 2.86. The number of rotatable bonds is 6. The molecule has 96 valence electrons. The van der Waals surface area contributed by atoms with E-state index in [1.165, 1.54) is 0 Å². The molecule has 0 saturated carbocycles. The smallest absolute Gasteiger partial charge is 0.0765 e. The molecule has 1 aromatic carbocycles. The first-order valence-electron chi connectivity index (χ1n) is 6.11. The molecule has 0 spiro atoms. The molecule has 0 saturated heterocycles. The lowest BCUT2D eigenvalue weighted by atomic mass is 10.2. The van der Waals surface area contributed by atoms with Gasteiger partial charge in [-0.25, -0.2) is 0 Å². The van der Waals surface area contributed by atoms with Crippen LogP contribution in [0.2, 0.25) is 5.02 Å². The topological polar surface area (TPSA) is 41.3 Å². The van der Waals surface area contributed by atoms with Gasteiger partial charge in [0, 0.05) is 12.6 Å². The molecule has 0 amide bonds. The summed E-state index contributed by atoms with van der Waals surface area (Å²) in [6.45, 7) is 9.57. The monoisotopic (exact) mass is 255 g/mol. The first-order chi connectivity index (χ1) is 8.08. The van der Waals surface area contributed by atoms with Crippen LogP contribution in [0.4, 0.5) is 11.4 Å². The number of likely N-dealkylation sites (N-methyl/N-ethyl adjacent to an activating group) is 1. The maximum Gasteiger partial charge on any atom is 0.0765 e.